The molecule has 1 heterocycles. The van der Waals surface area contributed by atoms with Gasteiger partial charge in [-0.1, -0.05) is 0 Å². The number of hydrogen-bond acceptors (Lipinski definition) is 7. The van der Waals surface area contributed by atoms with Gasteiger partial charge in [0.2, 0.25) is 5.91 Å². The number of cyclic esters (lactones) is 1. The molecule has 0 aromatic heterocycles. The summed E-state index contributed by atoms with van der Waals surface area (Å²) in [6.07, 6.45) is -1.40. The van der Waals surface area contributed by atoms with Gasteiger partial charge in [0.25, 0.3) is 0 Å². The van der Waals surface area contributed by atoms with Gasteiger partial charge in [-0.25, -0.2) is 9.59 Å². The number of amides is 1. The van der Waals surface area contributed by atoms with Crippen molar-refractivity contribution in [3.05, 3.63) is 11.3 Å². The van der Waals surface area contributed by atoms with Gasteiger partial charge in [0.1, 0.15) is 23.8 Å². The zero-order valence-electron chi connectivity index (χ0n) is 10.6. The smallest absolute Gasteiger partial charge is 0.356 e. The maximum Gasteiger partial charge on any atom is 0.356 e. The SMILES string of the molecule is COC(=O)CC(=O)NC1=C(C(=O)OC)[C@@H](C)OC1=O. The van der Waals surface area contributed by atoms with Gasteiger partial charge in [-0.15, -0.1) is 0 Å². The van der Waals surface area contributed by atoms with E-state index >= 15 is 0 Å². The Labute approximate surface area is 108 Å². The summed E-state index contributed by atoms with van der Waals surface area (Å²) in [5.41, 5.74) is -0.404. The minimum Gasteiger partial charge on any atom is -0.469 e. The second-order valence-corrected chi connectivity index (χ2v) is 3.63. The number of carbonyl (C=O) groups is 4. The van der Waals surface area contributed by atoms with Crippen molar-refractivity contribution in [3.8, 4) is 0 Å². The lowest BCUT2D eigenvalue weighted by Gasteiger charge is -2.06. The molecule has 0 aromatic rings. The summed E-state index contributed by atoms with van der Waals surface area (Å²) in [6, 6.07) is 0. The van der Waals surface area contributed by atoms with E-state index in [4.69, 9.17) is 4.74 Å². The maximum absolute atomic E-state index is 11.5. The molecule has 8 nitrogen and oxygen atoms in total. The average Bonchev–Trinajstić information content (AvgIpc) is 2.63. The van der Waals surface area contributed by atoms with Crippen molar-refractivity contribution in [1.29, 1.82) is 0 Å². The molecule has 0 bridgehead atoms. The van der Waals surface area contributed by atoms with Crippen molar-refractivity contribution in [1.82, 2.24) is 5.32 Å². The van der Waals surface area contributed by atoms with Crippen LogP contribution in [0, 0.1) is 0 Å². The molecular formula is C11H13NO7. The molecule has 0 fully saturated rings. The second kappa shape index (κ2) is 5.98. The lowest BCUT2D eigenvalue weighted by atomic mass is 10.1. The molecule has 0 saturated heterocycles. The number of hydrogen-bond donors (Lipinski definition) is 1. The molecule has 0 unspecified atom stereocenters. The van der Waals surface area contributed by atoms with E-state index in [0.29, 0.717) is 0 Å². The highest BCUT2D eigenvalue weighted by Gasteiger charge is 2.37. The summed E-state index contributed by atoms with van der Waals surface area (Å²) in [5, 5.41) is 2.15. The molecule has 1 aliphatic heterocycles. The van der Waals surface area contributed by atoms with Gasteiger partial charge in [-0.2, -0.15) is 0 Å². The fourth-order valence-corrected chi connectivity index (χ4v) is 1.47. The molecule has 1 aliphatic rings. The molecular weight excluding hydrogens is 258 g/mol. The van der Waals surface area contributed by atoms with Crippen LogP contribution in [-0.4, -0.2) is 44.1 Å². The maximum atomic E-state index is 11.5. The Hall–Kier alpha value is -2.38. The zero-order valence-corrected chi connectivity index (χ0v) is 10.6. The largest absolute Gasteiger partial charge is 0.469 e. The highest BCUT2D eigenvalue weighted by Crippen LogP contribution is 2.21. The van der Waals surface area contributed by atoms with Crippen molar-refractivity contribution in [2.45, 2.75) is 19.4 Å². The Balaban J connectivity index is 2.91. The van der Waals surface area contributed by atoms with E-state index in [1.165, 1.54) is 6.92 Å². The molecule has 1 atom stereocenters. The molecule has 104 valence electrons. The van der Waals surface area contributed by atoms with Gasteiger partial charge in [0, 0.05) is 0 Å². The molecule has 1 N–H and O–H groups in total. The molecule has 1 rings (SSSR count). The fraction of sp³-hybridized carbons (Fsp3) is 0.455. The number of ether oxygens (including phenoxy) is 3. The van der Waals surface area contributed by atoms with Crippen LogP contribution in [0.15, 0.2) is 11.3 Å². The van der Waals surface area contributed by atoms with Crippen LogP contribution in [0.2, 0.25) is 0 Å². The van der Waals surface area contributed by atoms with Crippen LogP contribution in [0.1, 0.15) is 13.3 Å². The van der Waals surface area contributed by atoms with Crippen molar-refractivity contribution in [2.75, 3.05) is 14.2 Å². The van der Waals surface area contributed by atoms with E-state index in [-0.39, 0.29) is 11.3 Å². The third-order valence-electron chi connectivity index (χ3n) is 2.37. The van der Waals surface area contributed by atoms with E-state index in [0.717, 1.165) is 14.2 Å². The summed E-state index contributed by atoms with van der Waals surface area (Å²) in [5.74, 6) is -3.19. The highest BCUT2D eigenvalue weighted by atomic mass is 16.6. The first-order valence-electron chi connectivity index (χ1n) is 5.30. The standard InChI is InChI=1S/C11H13NO7/c1-5-8(10(15)18-3)9(11(16)19-5)12-6(13)4-7(14)17-2/h5H,4H2,1-3H3,(H,12,13)/t5-/m1/s1. The van der Waals surface area contributed by atoms with Crippen LogP contribution in [0.3, 0.4) is 0 Å². The van der Waals surface area contributed by atoms with Gasteiger partial charge in [-0.3, -0.25) is 9.59 Å². The van der Waals surface area contributed by atoms with Gasteiger partial charge < -0.3 is 19.5 Å². The van der Waals surface area contributed by atoms with Crippen LogP contribution in [0.5, 0.6) is 0 Å². The van der Waals surface area contributed by atoms with Crippen molar-refractivity contribution >= 4 is 23.8 Å². The Kier molecular flexibility index (Phi) is 4.62. The van der Waals surface area contributed by atoms with Gasteiger partial charge in [0.05, 0.1) is 14.2 Å². The number of rotatable bonds is 4. The van der Waals surface area contributed by atoms with Crippen LogP contribution in [0.25, 0.3) is 0 Å². The number of esters is 3. The molecule has 8 heteroatoms. The summed E-state index contributed by atoms with van der Waals surface area (Å²) in [7, 11) is 2.26. The van der Waals surface area contributed by atoms with Gasteiger partial charge in [-0.05, 0) is 6.92 Å². The van der Waals surface area contributed by atoms with Crippen LogP contribution in [0.4, 0.5) is 0 Å². The van der Waals surface area contributed by atoms with Crippen molar-refractivity contribution in [2.24, 2.45) is 0 Å². The normalized spacial score (nSPS) is 17.8. The van der Waals surface area contributed by atoms with Crippen LogP contribution >= 0.6 is 0 Å². The first kappa shape index (κ1) is 14.7. The molecule has 0 radical (unpaired) electrons. The zero-order chi connectivity index (χ0) is 14.6. The lowest BCUT2D eigenvalue weighted by molar-refractivity contribution is -0.145. The summed E-state index contributed by atoms with van der Waals surface area (Å²) in [4.78, 5) is 45.4. The minimum absolute atomic E-state index is 0.0919. The predicted molar refractivity (Wildman–Crippen MR) is 59.4 cm³/mol. The van der Waals surface area contributed by atoms with E-state index < -0.39 is 36.3 Å². The Morgan fingerprint density at radius 1 is 1.26 bits per heavy atom. The second-order valence-electron chi connectivity index (χ2n) is 3.63. The molecule has 0 spiro atoms. The number of carbonyl (C=O) groups excluding carboxylic acids is 4. The first-order chi connectivity index (χ1) is 8.90. The minimum atomic E-state index is -0.855. The average molecular weight is 271 g/mol. The van der Waals surface area contributed by atoms with Gasteiger partial charge >= 0.3 is 17.9 Å². The Morgan fingerprint density at radius 3 is 2.42 bits per heavy atom. The highest BCUT2D eigenvalue weighted by molar-refractivity contribution is 6.07. The van der Waals surface area contributed by atoms with Crippen molar-refractivity contribution in [3.63, 3.8) is 0 Å². The van der Waals surface area contributed by atoms with E-state index in [1.807, 2.05) is 0 Å². The third kappa shape index (κ3) is 3.30. The molecule has 0 saturated carbocycles. The quantitative estimate of drug-likeness (QED) is 0.398. The van der Waals surface area contributed by atoms with Crippen molar-refractivity contribution < 1.29 is 33.4 Å². The summed E-state index contributed by atoms with van der Waals surface area (Å²) < 4.78 is 13.6. The Bertz CT molecular complexity index is 466. The summed E-state index contributed by atoms with van der Waals surface area (Å²) >= 11 is 0. The number of nitrogens with one attached hydrogen (secondary N) is 1. The van der Waals surface area contributed by atoms with E-state index in [2.05, 4.69) is 14.8 Å². The monoisotopic (exact) mass is 271 g/mol. The lowest BCUT2D eigenvalue weighted by Crippen LogP contribution is -2.29. The topological polar surface area (TPSA) is 108 Å². The summed E-state index contributed by atoms with van der Waals surface area (Å²) in [6.45, 7) is 1.46. The molecule has 0 aliphatic carbocycles. The van der Waals surface area contributed by atoms with Crippen LogP contribution < -0.4 is 5.32 Å². The Morgan fingerprint density at radius 2 is 1.89 bits per heavy atom. The first-order valence-corrected chi connectivity index (χ1v) is 5.30. The molecule has 0 aromatic carbocycles. The van der Waals surface area contributed by atoms with E-state index in [1.54, 1.807) is 0 Å². The predicted octanol–water partition coefficient (Wildman–Crippen LogP) is -0.962. The van der Waals surface area contributed by atoms with Gasteiger partial charge in [0.15, 0.2) is 0 Å². The molecule has 19 heavy (non-hydrogen) atoms. The van der Waals surface area contributed by atoms with Crippen LogP contribution in [-0.2, 0) is 33.4 Å². The molecule has 1 amide bonds. The number of methoxy groups -OCH3 is 2. The fourth-order valence-electron chi connectivity index (χ4n) is 1.47. The third-order valence-corrected chi connectivity index (χ3v) is 2.37. The van der Waals surface area contributed by atoms with E-state index in [9.17, 15) is 19.2 Å².